The molecular formula is C21H22ClN5O. The molecule has 2 heterocycles. The Hall–Kier alpha value is -2.88. The number of amides is 1. The summed E-state index contributed by atoms with van der Waals surface area (Å²) < 4.78 is 0. The van der Waals surface area contributed by atoms with Crippen molar-refractivity contribution in [2.24, 2.45) is 5.92 Å². The molecule has 0 bridgehead atoms. The minimum absolute atomic E-state index is 0. The smallest absolute Gasteiger partial charge is 0.228 e. The van der Waals surface area contributed by atoms with Gasteiger partial charge in [-0.1, -0.05) is 18.2 Å². The van der Waals surface area contributed by atoms with Crippen molar-refractivity contribution in [2.75, 3.05) is 25.5 Å². The number of likely N-dealkylation sites (tertiary alicyclic amines) is 1. The van der Waals surface area contributed by atoms with E-state index in [0.717, 1.165) is 48.0 Å². The number of fused-ring (bicyclic) bond motifs is 1. The summed E-state index contributed by atoms with van der Waals surface area (Å²) in [7, 11) is 2.08. The number of halogens is 1. The van der Waals surface area contributed by atoms with Crippen LogP contribution in [0.2, 0.25) is 0 Å². The van der Waals surface area contributed by atoms with Crippen LogP contribution in [0, 0.1) is 17.2 Å². The van der Waals surface area contributed by atoms with E-state index in [1.54, 1.807) is 12.1 Å². The van der Waals surface area contributed by atoms with Gasteiger partial charge in [-0.2, -0.15) is 10.4 Å². The second-order valence-corrected chi connectivity index (χ2v) is 7.09. The standard InChI is InChI=1S/C21H21N5O.ClH/c1-26-10-8-16(9-11-26)21(27)23-20-18-12-17(6-7-19(18)24-25-20)15-4-2-14(13-22)3-5-15;/h2-7,12,16H,8-11H2,1H3,(H2,23,24,25,27);1H. The van der Waals surface area contributed by atoms with Gasteiger partial charge in [0.2, 0.25) is 5.91 Å². The maximum Gasteiger partial charge on any atom is 0.228 e. The van der Waals surface area contributed by atoms with Gasteiger partial charge in [0, 0.05) is 11.3 Å². The van der Waals surface area contributed by atoms with E-state index in [0.29, 0.717) is 11.4 Å². The summed E-state index contributed by atoms with van der Waals surface area (Å²) in [5.74, 6) is 0.652. The van der Waals surface area contributed by atoms with Gasteiger partial charge in [-0.3, -0.25) is 9.89 Å². The number of H-pyrrole nitrogens is 1. The third-order valence-electron chi connectivity index (χ3n) is 5.24. The first-order chi connectivity index (χ1) is 13.1. The van der Waals surface area contributed by atoms with E-state index in [-0.39, 0.29) is 24.2 Å². The molecule has 0 aliphatic carbocycles. The lowest BCUT2D eigenvalue weighted by molar-refractivity contribution is -0.121. The highest BCUT2D eigenvalue weighted by molar-refractivity contribution is 6.01. The summed E-state index contributed by atoms with van der Waals surface area (Å²) >= 11 is 0. The van der Waals surface area contributed by atoms with Crippen molar-refractivity contribution in [3.8, 4) is 17.2 Å². The highest BCUT2D eigenvalue weighted by Crippen LogP contribution is 2.28. The van der Waals surface area contributed by atoms with Crippen molar-refractivity contribution >= 4 is 35.0 Å². The van der Waals surface area contributed by atoms with E-state index >= 15 is 0 Å². The average Bonchev–Trinajstić information content (AvgIpc) is 3.10. The van der Waals surface area contributed by atoms with Crippen LogP contribution < -0.4 is 5.32 Å². The second kappa shape index (κ2) is 8.42. The highest BCUT2D eigenvalue weighted by atomic mass is 35.5. The van der Waals surface area contributed by atoms with Gasteiger partial charge in [0.25, 0.3) is 0 Å². The third-order valence-corrected chi connectivity index (χ3v) is 5.24. The lowest BCUT2D eigenvalue weighted by Gasteiger charge is -2.27. The van der Waals surface area contributed by atoms with Crippen LogP contribution in [-0.2, 0) is 4.79 Å². The number of carbonyl (C=O) groups excluding carboxylic acids is 1. The molecule has 3 aromatic rings. The number of carbonyl (C=O) groups is 1. The van der Waals surface area contributed by atoms with Crippen molar-refractivity contribution in [2.45, 2.75) is 12.8 Å². The summed E-state index contributed by atoms with van der Waals surface area (Å²) in [6.45, 7) is 1.89. The van der Waals surface area contributed by atoms with Gasteiger partial charge in [-0.05, 0) is 68.4 Å². The van der Waals surface area contributed by atoms with Crippen LogP contribution in [0.5, 0.6) is 0 Å². The molecule has 28 heavy (non-hydrogen) atoms. The molecule has 2 N–H and O–H groups in total. The molecule has 1 saturated heterocycles. The van der Waals surface area contributed by atoms with Crippen LogP contribution in [0.4, 0.5) is 5.82 Å². The fourth-order valence-corrected chi connectivity index (χ4v) is 3.52. The molecule has 1 fully saturated rings. The van der Waals surface area contributed by atoms with Crippen LogP contribution in [0.1, 0.15) is 18.4 Å². The van der Waals surface area contributed by atoms with Crippen LogP contribution in [-0.4, -0.2) is 41.1 Å². The van der Waals surface area contributed by atoms with E-state index in [1.165, 1.54) is 0 Å². The minimum atomic E-state index is 0. The number of nitrogens with one attached hydrogen (secondary N) is 2. The van der Waals surface area contributed by atoms with E-state index in [2.05, 4.69) is 33.5 Å². The number of piperidine rings is 1. The zero-order valence-electron chi connectivity index (χ0n) is 15.6. The predicted octanol–water partition coefficient (Wildman–Crippen LogP) is 3.80. The summed E-state index contributed by atoms with van der Waals surface area (Å²) in [4.78, 5) is 14.9. The van der Waals surface area contributed by atoms with Crippen LogP contribution >= 0.6 is 12.4 Å². The van der Waals surface area contributed by atoms with Gasteiger partial charge in [0.05, 0.1) is 17.1 Å². The van der Waals surface area contributed by atoms with E-state index < -0.39 is 0 Å². The number of benzene rings is 2. The second-order valence-electron chi connectivity index (χ2n) is 7.09. The fraction of sp³-hybridized carbons (Fsp3) is 0.286. The molecule has 0 spiro atoms. The zero-order valence-corrected chi connectivity index (χ0v) is 16.4. The van der Waals surface area contributed by atoms with Crippen LogP contribution in [0.3, 0.4) is 0 Å². The van der Waals surface area contributed by atoms with Crippen molar-refractivity contribution in [3.05, 3.63) is 48.0 Å². The lowest BCUT2D eigenvalue weighted by atomic mass is 9.96. The molecule has 0 atom stereocenters. The summed E-state index contributed by atoms with van der Waals surface area (Å²) in [6, 6.07) is 15.6. The van der Waals surface area contributed by atoms with Gasteiger partial charge in [-0.15, -0.1) is 12.4 Å². The van der Waals surface area contributed by atoms with E-state index in [1.807, 2.05) is 30.3 Å². The molecule has 2 aromatic carbocycles. The summed E-state index contributed by atoms with van der Waals surface area (Å²) in [5.41, 5.74) is 3.55. The van der Waals surface area contributed by atoms with Gasteiger partial charge < -0.3 is 10.2 Å². The number of aromatic nitrogens is 2. The molecule has 144 valence electrons. The Balaban J connectivity index is 0.00000225. The Morgan fingerprint density at radius 1 is 1.18 bits per heavy atom. The first-order valence-corrected chi connectivity index (χ1v) is 9.12. The Kier molecular flexibility index (Phi) is 5.98. The molecule has 0 radical (unpaired) electrons. The molecule has 6 nitrogen and oxygen atoms in total. The molecule has 1 aliphatic rings. The first kappa shape index (κ1) is 19.9. The number of aromatic amines is 1. The topological polar surface area (TPSA) is 84.8 Å². The quantitative estimate of drug-likeness (QED) is 0.706. The summed E-state index contributed by atoms with van der Waals surface area (Å²) in [5, 5.41) is 20.1. The van der Waals surface area contributed by atoms with Gasteiger partial charge >= 0.3 is 0 Å². The first-order valence-electron chi connectivity index (χ1n) is 9.12. The van der Waals surface area contributed by atoms with Crippen LogP contribution in [0.15, 0.2) is 42.5 Å². The molecule has 0 unspecified atom stereocenters. The number of anilines is 1. The summed E-state index contributed by atoms with van der Waals surface area (Å²) in [6.07, 6.45) is 1.75. The molecule has 0 saturated carbocycles. The molecule has 1 amide bonds. The maximum atomic E-state index is 12.6. The molecule has 1 aromatic heterocycles. The Morgan fingerprint density at radius 3 is 2.54 bits per heavy atom. The fourth-order valence-electron chi connectivity index (χ4n) is 3.52. The highest BCUT2D eigenvalue weighted by Gasteiger charge is 2.24. The van der Waals surface area contributed by atoms with E-state index in [4.69, 9.17) is 5.26 Å². The number of rotatable bonds is 3. The van der Waals surface area contributed by atoms with Crippen molar-refractivity contribution in [1.29, 1.82) is 5.26 Å². The Labute approximate surface area is 169 Å². The molecule has 1 aliphatic heterocycles. The monoisotopic (exact) mass is 395 g/mol. The van der Waals surface area contributed by atoms with Crippen molar-refractivity contribution in [1.82, 2.24) is 15.1 Å². The predicted molar refractivity (Wildman–Crippen MR) is 112 cm³/mol. The molecular weight excluding hydrogens is 374 g/mol. The average molecular weight is 396 g/mol. The Morgan fingerprint density at radius 2 is 1.86 bits per heavy atom. The largest absolute Gasteiger partial charge is 0.308 e. The number of hydrogen-bond donors (Lipinski definition) is 2. The van der Waals surface area contributed by atoms with E-state index in [9.17, 15) is 4.79 Å². The van der Waals surface area contributed by atoms with Crippen molar-refractivity contribution < 1.29 is 4.79 Å². The van der Waals surface area contributed by atoms with Gasteiger partial charge in [0.15, 0.2) is 5.82 Å². The number of nitriles is 1. The lowest BCUT2D eigenvalue weighted by Crippen LogP contribution is -2.36. The number of hydrogen-bond acceptors (Lipinski definition) is 4. The van der Waals surface area contributed by atoms with Crippen molar-refractivity contribution in [3.63, 3.8) is 0 Å². The molecule has 7 heteroatoms. The van der Waals surface area contributed by atoms with Gasteiger partial charge in [-0.25, -0.2) is 0 Å². The maximum absolute atomic E-state index is 12.6. The SMILES string of the molecule is CN1CCC(C(=O)Nc2n[nH]c3ccc(-c4ccc(C#N)cc4)cc23)CC1.Cl. The normalized spacial score (nSPS) is 15.0. The third kappa shape index (κ3) is 4.01. The zero-order chi connectivity index (χ0) is 18.8. The van der Waals surface area contributed by atoms with Crippen LogP contribution in [0.25, 0.3) is 22.0 Å². The van der Waals surface area contributed by atoms with Gasteiger partial charge in [0.1, 0.15) is 0 Å². The number of nitrogens with zero attached hydrogens (tertiary/aromatic N) is 3. The minimum Gasteiger partial charge on any atom is -0.308 e. The Bertz CT molecular complexity index is 1010. The molecule has 4 rings (SSSR count).